The Morgan fingerprint density at radius 2 is 2.16 bits per heavy atom. The van der Waals surface area contributed by atoms with Gasteiger partial charge in [-0.15, -0.1) is 0 Å². The number of hydrogen-bond donors (Lipinski definition) is 0. The second-order valence-corrected chi connectivity index (χ2v) is 5.44. The van der Waals surface area contributed by atoms with Gasteiger partial charge in [-0.3, -0.25) is 4.79 Å². The largest absolute Gasteiger partial charge is 0.496 e. The maximum atomic E-state index is 11.9. The molecule has 0 saturated carbocycles. The third kappa shape index (κ3) is 2.89. The molecule has 1 saturated heterocycles. The SMILES string of the molecule is COc1cccc(N2CCOC(C)(C)C2)c1C(C)=O. The van der Waals surface area contributed by atoms with E-state index in [9.17, 15) is 4.79 Å². The van der Waals surface area contributed by atoms with Gasteiger partial charge in [0.05, 0.1) is 30.6 Å². The summed E-state index contributed by atoms with van der Waals surface area (Å²) in [6, 6.07) is 5.72. The summed E-state index contributed by atoms with van der Waals surface area (Å²) in [5, 5.41) is 0. The fourth-order valence-electron chi connectivity index (χ4n) is 2.53. The molecular formula is C15H21NO3. The fourth-order valence-corrected chi connectivity index (χ4v) is 2.53. The van der Waals surface area contributed by atoms with E-state index in [1.165, 1.54) is 0 Å². The average Bonchev–Trinajstić information content (AvgIpc) is 2.36. The lowest BCUT2D eigenvalue weighted by atomic mass is 10.0. The van der Waals surface area contributed by atoms with Crippen LogP contribution in [0.25, 0.3) is 0 Å². The Balaban J connectivity index is 2.41. The third-order valence-corrected chi connectivity index (χ3v) is 3.34. The van der Waals surface area contributed by atoms with Crippen LogP contribution in [0.1, 0.15) is 31.1 Å². The molecule has 104 valence electrons. The van der Waals surface area contributed by atoms with E-state index in [1.54, 1.807) is 14.0 Å². The van der Waals surface area contributed by atoms with Crippen LogP contribution in [0.2, 0.25) is 0 Å². The van der Waals surface area contributed by atoms with Crippen molar-refractivity contribution in [3.63, 3.8) is 0 Å². The van der Waals surface area contributed by atoms with E-state index in [4.69, 9.17) is 9.47 Å². The fraction of sp³-hybridized carbons (Fsp3) is 0.533. The first-order valence-electron chi connectivity index (χ1n) is 6.51. The first-order chi connectivity index (χ1) is 8.94. The molecule has 19 heavy (non-hydrogen) atoms. The van der Waals surface area contributed by atoms with Gasteiger partial charge in [0.1, 0.15) is 5.75 Å². The smallest absolute Gasteiger partial charge is 0.165 e. The van der Waals surface area contributed by atoms with Gasteiger partial charge in [0.25, 0.3) is 0 Å². The zero-order chi connectivity index (χ0) is 14.0. The highest BCUT2D eigenvalue weighted by Gasteiger charge is 2.29. The van der Waals surface area contributed by atoms with Crippen molar-refractivity contribution in [3.8, 4) is 5.75 Å². The van der Waals surface area contributed by atoms with Crippen LogP contribution < -0.4 is 9.64 Å². The minimum absolute atomic E-state index is 0.0248. The van der Waals surface area contributed by atoms with E-state index >= 15 is 0 Å². The molecule has 1 aromatic carbocycles. The van der Waals surface area contributed by atoms with Crippen molar-refractivity contribution in [1.29, 1.82) is 0 Å². The Morgan fingerprint density at radius 1 is 1.42 bits per heavy atom. The van der Waals surface area contributed by atoms with Crippen LogP contribution >= 0.6 is 0 Å². The topological polar surface area (TPSA) is 38.8 Å². The Morgan fingerprint density at radius 3 is 2.74 bits per heavy atom. The van der Waals surface area contributed by atoms with E-state index in [0.717, 1.165) is 18.8 Å². The van der Waals surface area contributed by atoms with Crippen molar-refractivity contribution in [1.82, 2.24) is 0 Å². The molecule has 1 fully saturated rings. The van der Waals surface area contributed by atoms with Crippen LogP contribution in [-0.2, 0) is 4.74 Å². The van der Waals surface area contributed by atoms with Gasteiger partial charge in [0.2, 0.25) is 0 Å². The number of nitrogens with zero attached hydrogens (tertiary/aromatic N) is 1. The number of hydrogen-bond acceptors (Lipinski definition) is 4. The van der Waals surface area contributed by atoms with Crippen LogP contribution in [-0.4, -0.2) is 38.2 Å². The third-order valence-electron chi connectivity index (χ3n) is 3.34. The van der Waals surface area contributed by atoms with Gasteiger partial charge in [0, 0.05) is 13.1 Å². The van der Waals surface area contributed by atoms with Gasteiger partial charge in [-0.2, -0.15) is 0 Å². The molecule has 0 amide bonds. The summed E-state index contributed by atoms with van der Waals surface area (Å²) >= 11 is 0. The number of morpholine rings is 1. The molecular weight excluding hydrogens is 242 g/mol. The maximum absolute atomic E-state index is 11.9. The molecule has 1 aliphatic heterocycles. The number of anilines is 1. The second kappa shape index (κ2) is 5.21. The van der Waals surface area contributed by atoms with Crippen LogP contribution in [0, 0.1) is 0 Å². The molecule has 0 aromatic heterocycles. The molecule has 1 heterocycles. The van der Waals surface area contributed by atoms with Gasteiger partial charge in [-0.05, 0) is 32.9 Å². The number of carbonyl (C=O) groups is 1. The van der Waals surface area contributed by atoms with E-state index in [2.05, 4.69) is 18.7 Å². The highest BCUT2D eigenvalue weighted by Crippen LogP contribution is 2.32. The molecule has 1 aliphatic rings. The van der Waals surface area contributed by atoms with Crippen molar-refractivity contribution in [2.75, 3.05) is 31.7 Å². The molecule has 0 bridgehead atoms. The van der Waals surface area contributed by atoms with E-state index in [1.807, 2.05) is 18.2 Å². The van der Waals surface area contributed by atoms with Crippen LogP contribution in [0.4, 0.5) is 5.69 Å². The number of ketones is 1. The zero-order valence-electron chi connectivity index (χ0n) is 12.0. The summed E-state index contributed by atoms with van der Waals surface area (Å²) in [5.41, 5.74) is 1.39. The average molecular weight is 263 g/mol. The molecule has 2 rings (SSSR count). The molecule has 0 N–H and O–H groups in total. The predicted molar refractivity (Wildman–Crippen MR) is 75.2 cm³/mol. The Kier molecular flexibility index (Phi) is 3.80. The van der Waals surface area contributed by atoms with Crippen molar-refractivity contribution in [2.45, 2.75) is 26.4 Å². The Hall–Kier alpha value is -1.55. The summed E-state index contributed by atoms with van der Waals surface area (Å²) in [4.78, 5) is 14.1. The van der Waals surface area contributed by atoms with Gasteiger partial charge < -0.3 is 14.4 Å². The van der Waals surface area contributed by atoms with Crippen molar-refractivity contribution < 1.29 is 14.3 Å². The molecule has 0 atom stereocenters. The summed E-state index contributed by atoms with van der Waals surface area (Å²) in [7, 11) is 1.59. The van der Waals surface area contributed by atoms with Crippen molar-refractivity contribution in [3.05, 3.63) is 23.8 Å². The number of Topliss-reactive ketones (excluding diaryl/α,β-unsaturated/α-hetero) is 1. The summed E-state index contributed by atoms with van der Waals surface area (Å²) in [5.74, 6) is 0.658. The Bertz CT molecular complexity index is 482. The monoisotopic (exact) mass is 263 g/mol. The second-order valence-electron chi connectivity index (χ2n) is 5.44. The summed E-state index contributed by atoms with van der Waals surface area (Å²) < 4.78 is 11.0. The zero-order valence-corrected chi connectivity index (χ0v) is 12.0. The standard InChI is InChI=1S/C15H21NO3/c1-11(17)14-12(6-5-7-13(14)18-4)16-8-9-19-15(2,3)10-16/h5-7H,8-10H2,1-4H3. The summed E-state index contributed by atoms with van der Waals surface area (Å²) in [6.45, 7) is 7.92. The number of ether oxygens (including phenoxy) is 2. The summed E-state index contributed by atoms with van der Waals surface area (Å²) in [6.07, 6.45) is 0. The van der Waals surface area contributed by atoms with Crippen LogP contribution in [0.3, 0.4) is 0 Å². The lowest BCUT2D eigenvalue weighted by Gasteiger charge is -2.40. The molecule has 0 spiro atoms. The van der Waals surface area contributed by atoms with E-state index in [-0.39, 0.29) is 11.4 Å². The minimum Gasteiger partial charge on any atom is -0.496 e. The van der Waals surface area contributed by atoms with Gasteiger partial charge in [-0.1, -0.05) is 6.07 Å². The number of rotatable bonds is 3. The number of benzene rings is 1. The first kappa shape index (κ1) is 13.9. The number of carbonyl (C=O) groups excluding carboxylic acids is 1. The van der Waals surface area contributed by atoms with E-state index in [0.29, 0.717) is 17.9 Å². The van der Waals surface area contributed by atoms with Crippen LogP contribution in [0.15, 0.2) is 18.2 Å². The Labute approximate surface area is 114 Å². The number of methoxy groups -OCH3 is 1. The highest BCUT2D eigenvalue weighted by molar-refractivity contribution is 6.02. The predicted octanol–water partition coefficient (Wildman–Crippen LogP) is 2.51. The van der Waals surface area contributed by atoms with E-state index < -0.39 is 0 Å². The van der Waals surface area contributed by atoms with Gasteiger partial charge in [-0.25, -0.2) is 0 Å². The quantitative estimate of drug-likeness (QED) is 0.785. The van der Waals surface area contributed by atoms with Gasteiger partial charge >= 0.3 is 0 Å². The normalized spacial score (nSPS) is 18.2. The molecule has 0 aliphatic carbocycles. The maximum Gasteiger partial charge on any atom is 0.165 e. The lowest BCUT2D eigenvalue weighted by Crippen LogP contribution is -2.48. The minimum atomic E-state index is -0.199. The first-order valence-corrected chi connectivity index (χ1v) is 6.51. The molecule has 4 nitrogen and oxygen atoms in total. The van der Waals surface area contributed by atoms with Crippen molar-refractivity contribution in [2.24, 2.45) is 0 Å². The lowest BCUT2D eigenvalue weighted by molar-refractivity contribution is -0.0277. The highest BCUT2D eigenvalue weighted by atomic mass is 16.5. The van der Waals surface area contributed by atoms with Crippen LogP contribution in [0.5, 0.6) is 5.75 Å². The van der Waals surface area contributed by atoms with Crippen molar-refractivity contribution >= 4 is 11.5 Å². The molecule has 1 aromatic rings. The molecule has 4 heteroatoms. The molecule has 0 radical (unpaired) electrons. The molecule has 0 unspecified atom stereocenters. The van der Waals surface area contributed by atoms with Gasteiger partial charge in [0.15, 0.2) is 5.78 Å².